The number of carbonyl (C=O) groups is 2. The minimum atomic E-state index is -0.937. The maximum atomic E-state index is 11.7. The van der Waals surface area contributed by atoms with Crippen LogP contribution in [0.5, 0.6) is 11.6 Å². The summed E-state index contributed by atoms with van der Waals surface area (Å²) in [5.41, 5.74) is 4.38. The Morgan fingerprint density at radius 1 is 1.03 bits per heavy atom. The number of ketones is 1. The van der Waals surface area contributed by atoms with Crippen molar-refractivity contribution in [3.05, 3.63) is 82.8 Å². The third kappa shape index (κ3) is 5.78. The van der Waals surface area contributed by atoms with Crippen LogP contribution in [0.1, 0.15) is 63.5 Å². The van der Waals surface area contributed by atoms with Gasteiger partial charge in [0, 0.05) is 35.9 Å². The number of aromatic nitrogens is 3. The highest BCUT2D eigenvalue weighted by Crippen LogP contribution is 2.29. The fourth-order valence-electron chi connectivity index (χ4n) is 5.07. The summed E-state index contributed by atoms with van der Waals surface area (Å²) in [5, 5.41) is 9.30. The van der Waals surface area contributed by atoms with Crippen LogP contribution in [-0.2, 0) is 20.2 Å². The SMILES string of the molecule is COc1cc(C(C)=O)ccc1COc1cccc(C2CCN(Cc3nc4ccc(C(=O)O)cc4n3C)CC2)n1. The zero-order chi connectivity index (χ0) is 27.5. The highest BCUT2D eigenvalue weighted by Gasteiger charge is 2.23. The number of ether oxygens (including phenoxy) is 2. The molecule has 9 nitrogen and oxygen atoms in total. The molecule has 1 aliphatic rings. The summed E-state index contributed by atoms with van der Waals surface area (Å²) in [4.78, 5) is 34.9. The van der Waals surface area contributed by atoms with E-state index < -0.39 is 5.97 Å². The highest BCUT2D eigenvalue weighted by atomic mass is 16.5. The number of aromatic carboxylic acids is 1. The minimum Gasteiger partial charge on any atom is -0.496 e. The molecule has 0 aliphatic carbocycles. The van der Waals surface area contributed by atoms with Crippen LogP contribution in [0.15, 0.2) is 54.6 Å². The number of hydrogen-bond donors (Lipinski definition) is 1. The van der Waals surface area contributed by atoms with Crippen molar-refractivity contribution < 1.29 is 24.2 Å². The van der Waals surface area contributed by atoms with E-state index in [-0.39, 0.29) is 11.3 Å². The summed E-state index contributed by atoms with van der Waals surface area (Å²) in [6.07, 6.45) is 1.95. The number of nitrogens with zero attached hydrogens (tertiary/aromatic N) is 4. The van der Waals surface area contributed by atoms with Gasteiger partial charge >= 0.3 is 5.97 Å². The Morgan fingerprint density at radius 2 is 1.79 bits per heavy atom. The van der Waals surface area contributed by atoms with Gasteiger partial charge in [-0.15, -0.1) is 0 Å². The lowest BCUT2D eigenvalue weighted by Gasteiger charge is -2.31. The van der Waals surface area contributed by atoms with E-state index in [4.69, 9.17) is 19.4 Å². The van der Waals surface area contributed by atoms with Gasteiger partial charge in [0.25, 0.3) is 0 Å². The van der Waals surface area contributed by atoms with Crippen molar-refractivity contribution >= 4 is 22.8 Å². The average molecular weight is 529 g/mol. The van der Waals surface area contributed by atoms with Crippen molar-refractivity contribution in [2.24, 2.45) is 7.05 Å². The minimum absolute atomic E-state index is 0.0103. The third-order valence-corrected chi connectivity index (χ3v) is 7.41. The van der Waals surface area contributed by atoms with E-state index in [1.165, 1.54) is 6.92 Å². The molecular weight excluding hydrogens is 496 g/mol. The molecule has 0 unspecified atom stereocenters. The molecule has 0 saturated carbocycles. The third-order valence-electron chi connectivity index (χ3n) is 7.41. The number of fused-ring (bicyclic) bond motifs is 1. The first-order chi connectivity index (χ1) is 18.8. The number of carbonyl (C=O) groups excluding carboxylic acids is 1. The molecule has 1 fully saturated rings. The number of carboxylic acids is 1. The molecule has 3 heterocycles. The van der Waals surface area contributed by atoms with Crippen LogP contribution in [-0.4, -0.2) is 56.5 Å². The predicted molar refractivity (Wildman–Crippen MR) is 146 cm³/mol. The lowest BCUT2D eigenvalue weighted by molar-refractivity contribution is 0.0696. The summed E-state index contributed by atoms with van der Waals surface area (Å²) in [7, 11) is 3.52. The van der Waals surface area contributed by atoms with Crippen LogP contribution in [0.25, 0.3) is 11.0 Å². The topological polar surface area (TPSA) is 107 Å². The Balaban J connectivity index is 1.19. The smallest absolute Gasteiger partial charge is 0.335 e. The molecule has 2 aromatic carbocycles. The number of aryl methyl sites for hydroxylation is 1. The Labute approximate surface area is 227 Å². The molecule has 39 heavy (non-hydrogen) atoms. The second-order valence-electron chi connectivity index (χ2n) is 9.92. The number of carboxylic acid groups (broad SMARTS) is 1. The van der Waals surface area contributed by atoms with Crippen molar-refractivity contribution in [1.29, 1.82) is 0 Å². The van der Waals surface area contributed by atoms with E-state index in [2.05, 4.69) is 11.0 Å². The van der Waals surface area contributed by atoms with Crippen molar-refractivity contribution in [3.63, 3.8) is 0 Å². The zero-order valence-electron chi connectivity index (χ0n) is 22.4. The van der Waals surface area contributed by atoms with Gasteiger partial charge in [-0.25, -0.2) is 14.8 Å². The Hall–Kier alpha value is -4.24. The van der Waals surface area contributed by atoms with Crippen LogP contribution < -0.4 is 9.47 Å². The molecule has 1 saturated heterocycles. The number of benzene rings is 2. The largest absolute Gasteiger partial charge is 0.496 e. The standard InChI is InChI=1S/C30H32N4O5/c1-19(35)21-7-8-23(27(16-21)38-3)18-39-29-6-4-5-24(32-29)20-11-13-34(14-12-20)17-28-31-25-10-9-22(30(36)37)15-26(25)33(28)2/h4-10,15-16,20H,11-14,17-18H2,1-3H3,(H,36,37). The van der Waals surface area contributed by atoms with Gasteiger partial charge in [-0.3, -0.25) is 9.69 Å². The van der Waals surface area contributed by atoms with Gasteiger partial charge in [0.2, 0.25) is 5.88 Å². The highest BCUT2D eigenvalue weighted by molar-refractivity contribution is 5.94. The van der Waals surface area contributed by atoms with Crippen molar-refractivity contribution in [2.45, 2.75) is 38.8 Å². The first-order valence-electron chi connectivity index (χ1n) is 13.0. The van der Waals surface area contributed by atoms with Gasteiger partial charge in [-0.2, -0.15) is 0 Å². The molecule has 9 heteroatoms. The van der Waals surface area contributed by atoms with Crippen molar-refractivity contribution in [2.75, 3.05) is 20.2 Å². The average Bonchev–Trinajstić information content (AvgIpc) is 3.26. The van der Waals surface area contributed by atoms with Gasteiger partial charge < -0.3 is 19.1 Å². The molecule has 2 aromatic heterocycles. The molecule has 0 spiro atoms. The van der Waals surface area contributed by atoms with Crippen molar-refractivity contribution in [1.82, 2.24) is 19.4 Å². The zero-order valence-corrected chi connectivity index (χ0v) is 22.4. The molecule has 1 aliphatic heterocycles. The second-order valence-corrected chi connectivity index (χ2v) is 9.92. The van der Waals surface area contributed by atoms with E-state index in [0.717, 1.165) is 54.0 Å². The Bertz CT molecular complexity index is 1520. The van der Waals surface area contributed by atoms with Crippen LogP contribution in [0.3, 0.4) is 0 Å². The fourth-order valence-corrected chi connectivity index (χ4v) is 5.07. The summed E-state index contributed by atoms with van der Waals surface area (Å²) in [6.45, 7) is 4.37. The molecule has 0 radical (unpaired) electrons. The maximum Gasteiger partial charge on any atom is 0.335 e. The number of pyridine rings is 1. The number of imidazole rings is 1. The number of likely N-dealkylation sites (tertiary alicyclic amines) is 1. The molecule has 0 amide bonds. The van der Waals surface area contributed by atoms with E-state index in [9.17, 15) is 14.7 Å². The monoisotopic (exact) mass is 528 g/mol. The quantitative estimate of drug-likeness (QED) is 0.308. The first kappa shape index (κ1) is 26.4. The fraction of sp³-hybridized carbons (Fsp3) is 0.333. The number of Topliss-reactive ketones (excluding diaryl/α,β-unsaturated/α-hetero) is 1. The van der Waals surface area contributed by atoms with E-state index in [0.29, 0.717) is 36.3 Å². The van der Waals surface area contributed by atoms with Gasteiger partial charge in [0.1, 0.15) is 18.2 Å². The molecule has 0 bridgehead atoms. The predicted octanol–water partition coefficient (Wildman–Crippen LogP) is 4.84. The molecule has 4 aromatic rings. The number of rotatable bonds is 9. The molecule has 202 valence electrons. The maximum absolute atomic E-state index is 11.7. The normalized spacial score (nSPS) is 14.4. The van der Waals surface area contributed by atoms with Crippen LogP contribution in [0.2, 0.25) is 0 Å². The summed E-state index contributed by atoms with van der Waals surface area (Å²) >= 11 is 0. The van der Waals surface area contributed by atoms with Crippen LogP contribution >= 0.6 is 0 Å². The van der Waals surface area contributed by atoms with E-state index in [1.807, 2.05) is 29.8 Å². The van der Waals surface area contributed by atoms with Crippen molar-refractivity contribution in [3.8, 4) is 11.6 Å². The number of piperidine rings is 1. The second kappa shape index (κ2) is 11.2. The van der Waals surface area contributed by atoms with Gasteiger partial charge in [-0.05, 0) is 63.2 Å². The van der Waals surface area contributed by atoms with Crippen LogP contribution in [0.4, 0.5) is 0 Å². The Kier molecular flexibility index (Phi) is 7.60. The summed E-state index contributed by atoms with van der Waals surface area (Å²) in [6, 6.07) is 16.3. The lowest BCUT2D eigenvalue weighted by atomic mass is 9.93. The summed E-state index contributed by atoms with van der Waals surface area (Å²) < 4.78 is 13.4. The van der Waals surface area contributed by atoms with Gasteiger partial charge in [-0.1, -0.05) is 18.2 Å². The molecule has 0 atom stereocenters. The summed E-state index contributed by atoms with van der Waals surface area (Å²) in [5.74, 6) is 1.50. The number of methoxy groups -OCH3 is 1. The lowest BCUT2D eigenvalue weighted by Crippen LogP contribution is -2.33. The van der Waals surface area contributed by atoms with Gasteiger partial charge in [0.15, 0.2) is 5.78 Å². The van der Waals surface area contributed by atoms with Crippen LogP contribution in [0, 0.1) is 0 Å². The number of hydrogen-bond acceptors (Lipinski definition) is 7. The van der Waals surface area contributed by atoms with E-state index >= 15 is 0 Å². The molecule has 5 rings (SSSR count). The van der Waals surface area contributed by atoms with E-state index in [1.54, 1.807) is 37.4 Å². The first-order valence-corrected chi connectivity index (χ1v) is 13.0. The molecule has 1 N–H and O–H groups in total. The molecular formula is C30H32N4O5. The Morgan fingerprint density at radius 3 is 2.51 bits per heavy atom. The van der Waals surface area contributed by atoms with Gasteiger partial charge in [0.05, 0.1) is 30.3 Å².